The van der Waals surface area contributed by atoms with E-state index >= 15 is 0 Å². The van der Waals surface area contributed by atoms with Crippen LogP contribution in [0.2, 0.25) is 10.0 Å². The lowest BCUT2D eigenvalue weighted by Gasteiger charge is -2.39. The highest BCUT2D eigenvalue weighted by molar-refractivity contribution is 6.31. The van der Waals surface area contributed by atoms with Crippen LogP contribution in [-0.4, -0.2) is 0 Å². The summed E-state index contributed by atoms with van der Waals surface area (Å²) >= 11 is 13.0. The molecule has 0 aromatic heterocycles. The molecule has 0 heterocycles. The predicted molar refractivity (Wildman–Crippen MR) is 110 cm³/mol. The Balaban J connectivity index is 1.93. The molecule has 2 aliphatic rings. The molecule has 5 rings (SSSR count). The van der Waals surface area contributed by atoms with Gasteiger partial charge in [-0.15, -0.1) is 0 Å². The van der Waals surface area contributed by atoms with Crippen LogP contribution in [0.25, 0.3) is 5.57 Å². The van der Waals surface area contributed by atoms with E-state index in [1.54, 1.807) is 0 Å². The molecule has 1 atom stereocenters. The van der Waals surface area contributed by atoms with E-state index in [1.165, 1.54) is 39.0 Å². The summed E-state index contributed by atoms with van der Waals surface area (Å²) in [6.45, 7) is 6.46. The molecule has 3 aromatic carbocycles. The normalized spacial score (nSPS) is 20.0. The van der Waals surface area contributed by atoms with Crippen LogP contribution >= 0.6 is 23.2 Å². The second-order valence-corrected chi connectivity index (χ2v) is 8.31. The Morgan fingerprint density at radius 3 is 2.50 bits per heavy atom. The van der Waals surface area contributed by atoms with Gasteiger partial charge in [0.1, 0.15) is 0 Å². The zero-order valence-corrected chi connectivity index (χ0v) is 16.1. The van der Waals surface area contributed by atoms with Crippen molar-refractivity contribution in [3.05, 3.63) is 110 Å². The SMILES string of the molecule is C=C1CC2(c3cc(Cl)ccc3Cc3cc(C)c(Cl)cc32)c2ccccc21. The molecule has 1 unspecified atom stereocenters. The van der Waals surface area contributed by atoms with E-state index in [2.05, 4.69) is 62.0 Å². The highest BCUT2D eigenvalue weighted by atomic mass is 35.5. The number of halogens is 2. The molecule has 0 radical (unpaired) electrons. The Bertz CT molecular complexity index is 1090. The average molecular weight is 377 g/mol. The van der Waals surface area contributed by atoms with Crippen molar-refractivity contribution in [2.75, 3.05) is 0 Å². The minimum atomic E-state index is -0.251. The lowest BCUT2D eigenvalue weighted by molar-refractivity contribution is 0.630. The molecule has 0 saturated heterocycles. The molecule has 0 bridgehead atoms. The van der Waals surface area contributed by atoms with Gasteiger partial charge in [-0.3, -0.25) is 0 Å². The Hall–Kier alpha value is -2.02. The highest BCUT2D eigenvalue weighted by Crippen LogP contribution is 2.57. The predicted octanol–water partition coefficient (Wildman–Crippen LogP) is 6.96. The minimum absolute atomic E-state index is 0.251. The summed E-state index contributed by atoms with van der Waals surface area (Å²) in [5.74, 6) is 0. The van der Waals surface area contributed by atoms with E-state index in [1.807, 2.05) is 6.07 Å². The average Bonchev–Trinajstić information content (AvgIpc) is 2.92. The summed E-state index contributed by atoms with van der Waals surface area (Å²) in [5.41, 5.74) is 9.91. The van der Waals surface area contributed by atoms with Gasteiger partial charge in [0.15, 0.2) is 0 Å². The first-order valence-corrected chi connectivity index (χ1v) is 9.62. The lowest BCUT2D eigenvalue weighted by Crippen LogP contribution is -2.32. The molecule has 3 aromatic rings. The summed E-state index contributed by atoms with van der Waals surface area (Å²) in [6, 6.07) is 19.4. The van der Waals surface area contributed by atoms with Crippen LogP contribution in [0.4, 0.5) is 0 Å². The Morgan fingerprint density at radius 2 is 1.65 bits per heavy atom. The minimum Gasteiger partial charge on any atom is -0.0952 e. The summed E-state index contributed by atoms with van der Waals surface area (Å²) in [5, 5.41) is 1.60. The van der Waals surface area contributed by atoms with E-state index in [0.717, 1.165) is 28.5 Å². The van der Waals surface area contributed by atoms with Crippen molar-refractivity contribution in [2.45, 2.75) is 25.2 Å². The van der Waals surface area contributed by atoms with Gasteiger partial charge in [-0.05, 0) is 82.5 Å². The molecule has 2 heteroatoms. The molecule has 0 amide bonds. The van der Waals surface area contributed by atoms with E-state index in [-0.39, 0.29) is 5.41 Å². The molecule has 128 valence electrons. The van der Waals surface area contributed by atoms with Crippen molar-refractivity contribution >= 4 is 28.8 Å². The fourth-order valence-corrected chi connectivity index (χ4v) is 5.23. The molecule has 0 fully saturated rings. The molecule has 0 saturated carbocycles. The van der Waals surface area contributed by atoms with Crippen LogP contribution in [-0.2, 0) is 11.8 Å². The largest absolute Gasteiger partial charge is 0.0952 e. The second kappa shape index (κ2) is 5.49. The van der Waals surface area contributed by atoms with Gasteiger partial charge in [-0.2, -0.15) is 0 Å². The first kappa shape index (κ1) is 16.2. The Labute approximate surface area is 164 Å². The van der Waals surface area contributed by atoms with Crippen LogP contribution in [0.5, 0.6) is 0 Å². The van der Waals surface area contributed by atoms with Gasteiger partial charge < -0.3 is 0 Å². The van der Waals surface area contributed by atoms with E-state index in [9.17, 15) is 0 Å². The molecule has 26 heavy (non-hydrogen) atoms. The van der Waals surface area contributed by atoms with Crippen molar-refractivity contribution < 1.29 is 0 Å². The zero-order chi connectivity index (χ0) is 18.1. The van der Waals surface area contributed by atoms with Crippen molar-refractivity contribution in [1.29, 1.82) is 0 Å². The first-order valence-electron chi connectivity index (χ1n) is 8.87. The number of fused-ring (bicyclic) bond motifs is 6. The van der Waals surface area contributed by atoms with Crippen LogP contribution in [0, 0.1) is 6.92 Å². The maximum absolute atomic E-state index is 6.58. The van der Waals surface area contributed by atoms with Crippen molar-refractivity contribution in [1.82, 2.24) is 0 Å². The molecule has 0 aliphatic heterocycles. The number of allylic oxidation sites excluding steroid dienone is 1. The van der Waals surface area contributed by atoms with Crippen molar-refractivity contribution in [3.8, 4) is 0 Å². The fourth-order valence-electron chi connectivity index (χ4n) is 4.89. The van der Waals surface area contributed by atoms with E-state index in [0.29, 0.717) is 0 Å². The van der Waals surface area contributed by atoms with Gasteiger partial charge in [-0.1, -0.05) is 66.2 Å². The zero-order valence-electron chi connectivity index (χ0n) is 14.6. The van der Waals surface area contributed by atoms with E-state index < -0.39 is 0 Å². The molecule has 2 aliphatic carbocycles. The van der Waals surface area contributed by atoms with Gasteiger partial charge in [0.05, 0.1) is 5.41 Å². The van der Waals surface area contributed by atoms with E-state index in [4.69, 9.17) is 23.2 Å². The molecule has 0 N–H and O–H groups in total. The summed E-state index contributed by atoms with van der Waals surface area (Å²) < 4.78 is 0. The second-order valence-electron chi connectivity index (χ2n) is 7.47. The topological polar surface area (TPSA) is 0 Å². The maximum Gasteiger partial charge on any atom is 0.0504 e. The smallest absolute Gasteiger partial charge is 0.0504 e. The third-order valence-electron chi connectivity index (χ3n) is 6.00. The fraction of sp³-hybridized carbons (Fsp3) is 0.167. The van der Waals surface area contributed by atoms with Crippen LogP contribution in [0.3, 0.4) is 0 Å². The standard InChI is InChI=1S/C24H18Cl2/c1-14-9-17-10-16-7-8-18(25)11-21(16)24(22(17)12-23(14)26)13-15(2)19-5-3-4-6-20(19)24/h3-9,11-12H,2,10,13H2,1H3. The number of benzene rings is 3. The maximum atomic E-state index is 6.58. The van der Waals surface area contributed by atoms with Gasteiger partial charge >= 0.3 is 0 Å². The lowest BCUT2D eigenvalue weighted by atomic mass is 9.63. The molecular formula is C24H18Cl2. The van der Waals surface area contributed by atoms with Gasteiger partial charge in [-0.25, -0.2) is 0 Å². The van der Waals surface area contributed by atoms with Gasteiger partial charge in [0, 0.05) is 10.0 Å². The van der Waals surface area contributed by atoms with Crippen LogP contribution < -0.4 is 0 Å². The Kier molecular flexibility index (Phi) is 3.41. The highest BCUT2D eigenvalue weighted by Gasteiger charge is 2.47. The quantitative estimate of drug-likeness (QED) is 0.397. The monoisotopic (exact) mass is 376 g/mol. The summed E-state index contributed by atoms with van der Waals surface area (Å²) in [6.07, 6.45) is 1.78. The van der Waals surface area contributed by atoms with Crippen molar-refractivity contribution in [3.63, 3.8) is 0 Å². The number of rotatable bonds is 0. The van der Waals surface area contributed by atoms with Gasteiger partial charge in [0.25, 0.3) is 0 Å². The summed E-state index contributed by atoms with van der Waals surface area (Å²) in [7, 11) is 0. The van der Waals surface area contributed by atoms with Crippen LogP contribution in [0.1, 0.15) is 45.4 Å². The Morgan fingerprint density at radius 1 is 0.885 bits per heavy atom. The van der Waals surface area contributed by atoms with Gasteiger partial charge in [0.2, 0.25) is 0 Å². The van der Waals surface area contributed by atoms with Crippen LogP contribution in [0.15, 0.2) is 61.2 Å². The molecule has 1 spiro atoms. The number of hydrogen-bond donors (Lipinski definition) is 0. The number of aryl methyl sites for hydroxylation is 1. The molecular weight excluding hydrogens is 359 g/mol. The number of hydrogen-bond acceptors (Lipinski definition) is 0. The van der Waals surface area contributed by atoms with Crippen molar-refractivity contribution in [2.24, 2.45) is 0 Å². The molecule has 0 nitrogen and oxygen atoms in total. The first-order chi connectivity index (χ1) is 12.5. The summed E-state index contributed by atoms with van der Waals surface area (Å²) in [4.78, 5) is 0. The third kappa shape index (κ3) is 2.03. The third-order valence-corrected chi connectivity index (χ3v) is 6.65.